The molecule has 1 rings (SSSR count). The van der Waals surface area contributed by atoms with Crippen molar-refractivity contribution in [2.24, 2.45) is 10.9 Å². The van der Waals surface area contributed by atoms with E-state index in [0.717, 1.165) is 51.7 Å². The number of nitrogens with one attached hydrogen (secondary N) is 2. The van der Waals surface area contributed by atoms with Crippen LogP contribution < -0.4 is 10.6 Å². The lowest BCUT2D eigenvalue weighted by Gasteiger charge is -2.29. The van der Waals surface area contributed by atoms with Crippen molar-refractivity contribution in [2.45, 2.75) is 33.3 Å². The molecule has 0 bridgehead atoms. The van der Waals surface area contributed by atoms with Crippen molar-refractivity contribution in [3.8, 4) is 0 Å². The molecule has 0 radical (unpaired) electrons. The summed E-state index contributed by atoms with van der Waals surface area (Å²) >= 11 is 0. The van der Waals surface area contributed by atoms with Gasteiger partial charge in [0, 0.05) is 26.2 Å². The fourth-order valence-electron chi connectivity index (χ4n) is 1.99. The number of nitrogens with zero attached hydrogens (tertiary/aromatic N) is 2. The van der Waals surface area contributed by atoms with Crippen molar-refractivity contribution < 1.29 is 4.74 Å². The maximum Gasteiger partial charge on any atom is 0.191 e. The van der Waals surface area contributed by atoms with Crippen LogP contribution in [-0.4, -0.2) is 63.3 Å². The van der Waals surface area contributed by atoms with E-state index in [1.54, 1.807) is 0 Å². The number of hydrogen-bond acceptors (Lipinski definition) is 3. The highest BCUT2D eigenvalue weighted by molar-refractivity contribution is 14.0. The highest BCUT2D eigenvalue weighted by Gasteiger charge is 2.17. The topological polar surface area (TPSA) is 48.9 Å². The van der Waals surface area contributed by atoms with E-state index in [9.17, 15) is 0 Å². The van der Waals surface area contributed by atoms with E-state index in [1.165, 1.54) is 0 Å². The first-order chi connectivity index (χ1) is 9.11. The molecule has 120 valence electrons. The lowest BCUT2D eigenvalue weighted by Crippen LogP contribution is -2.43. The fourth-order valence-corrected chi connectivity index (χ4v) is 1.99. The maximum atomic E-state index is 5.72. The van der Waals surface area contributed by atoms with Crippen molar-refractivity contribution in [3.05, 3.63) is 0 Å². The molecule has 0 aromatic carbocycles. The van der Waals surface area contributed by atoms with E-state index in [0.29, 0.717) is 5.92 Å². The predicted octanol–water partition coefficient (Wildman–Crippen LogP) is 1.54. The third kappa shape index (κ3) is 8.97. The van der Waals surface area contributed by atoms with Crippen LogP contribution in [0.5, 0.6) is 0 Å². The van der Waals surface area contributed by atoms with Crippen LogP contribution in [0.4, 0.5) is 0 Å². The molecule has 0 aromatic heterocycles. The van der Waals surface area contributed by atoms with Crippen molar-refractivity contribution >= 4 is 29.9 Å². The summed E-state index contributed by atoms with van der Waals surface area (Å²) in [4.78, 5) is 6.91. The van der Waals surface area contributed by atoms with Crippen LogP contribution in [0, 0.1) is 5.92 Å². The molecule has 1 aliphatic heterocycles. The Kier molecular flexibility index (Phi) is 11.5. The minimum Gasteiger partial charge on any atom is -0.374 e. The number of aliphatic imine (C=N–C) groups is 1. The number of halogens is 1. The molecule has 1 fully saturated rings. The monoisotopic (exact) mass is 398 g/mol. The molecular weight excluding hydrogens is 367 g/mol. The second-order valence-corrected chi connectivity index (χ2v) is 5.58. The Morgan fingerprint density at radius 2 is 2.15 bits per heavy atom. The molecule has 6 heteroatoms. The number of morpholine rings is 1. The summed E-state index contributed by atoms with van der Waals surface area (Å²) in [5.74, 6) is 1.62. The third-order valence-corrected chi connectivity index (χ3v) is 3.15. The van der Waals surface area contributed by atoms with Crippen LogP contribution in [0.15, 0.2) is 4.99 Å². The minimum atomic E-state index is 0. The molecule has 0 spiro atoms. The molecule has 1 atom stereocenters. The average Bonchev–Trinajstić information content (AvgIpc) is 2.35. The largest absolute Gasteiger partial charge is 0.374 e. The highest BCUT2D eigenvalue weighted by Crippen LogP contribution is 2.03. The summed E-state index contributed by atoms with van der Waals surface area (Å²) in [7, 11) is 2.13. The Morgan fingerprint density at radius 3 is 2.75 bits per heavy atom. The van der Waals surface area contributed by atoms with E-state index in [2.05, 4.69) is 48.3 Å². The Bertz CT molecular complexity index is 274. The molecule has 1 saturated heterocycles. The van der Waals surface area contributed by atoms with Crippen molar-refractivity contribution in [1.29, 1.82) is 0 Å². The zero-order chi connectivity index (χ0) is 14.1. The van der Waals surface area contributed by atoms with Gasteiger partial charge in [0.1, 0.15) is 0 Å². The summed E-state index contributed by atoms with van der Waals surface area (Å²) in [6.45, 7) is 11.9. The number of hydrogen-bond donors (Lipinski definition) is 2. The molecule has 1 unspecified atom stereocenters. The van der Waals surface area contributed by atoms with Crippen LogP contribution >= 0.6 is 24.0 Å². The van der Waals surface area contributed by atoms with Gasteiger partial charge in [-0.3, -0.25) is 4.99 Å². The Balaban J connectivity index is 0.00000361. The molecule has 0 saturated carbocycles. The van der Waals surface area contributed by atoms with Crippen molar-refractivity contribution in [3.63, 3.8) is 0 Å². The normalized spacial score (nSPS) is 20.6. The Morgan fingerprint density at radius 1 is 1.40 bits per heavy atom. The molecule has 2 N–H and O–H groups in total. The van der Waals surface area contributed by atoms with Gasteiger partial charge in [-0.05, 0) is 26.3 Å². The van der Waals surface area contributed by atoms with Gasteiger partial charge in [0.05, 0.1) is 19.3 Å². The minimum absolute atomic E-state index is 0. The Hall–Kier alpha value is -0.0800. The molecular formula is C14H31IN4O. The second kappa shape index (κ2) is 11.6. The summed E-state index contributed by atoms with van der Waals surface area (Å²) < 4.78 is 5.72. The number of rotatable bonds is 6. The lowest BCUT2D eigenvalue weighted by molar-refractivity contribution is -0.0136. The van der Waals surface area contributed by atoms with E-state index >= 15 is 0 Å². The molecule has 1 heterocycles. The van der Waals surface area contributed by atoms with Crippen LogP contribution in [0.2, 0.25) is 0 Å². The third-order valence-electron chi connectivity index (χ3n) is 3.15. The summed E-state index contributed by atoms with van der Waals surface area (Å²) in [6, 6.07) is 0. The smallest absolute Gasteiger partial charge is 0.191 e. The molecule has 0 aliphatic carbocycles. The van der Waals surface area contributed by atoms with E-state index in [-0.39, 0.29) is 30.1 Å². The van der Waals surface area contributed by atoms with E-state index in [4.69, 9.17) is 4.74 Å². The zero-order valence-corrected chi connectivity index (χ0v) is 15.6. The highest BCUT2D eigenvalue weighted by atomic mass is 127. The van der Waals surface area contributed by atoms with Crippen LogP contribution in [0.3, 0.4) is 0 Å². The Labute approximate surface area is 140 Å². The number of guanidine groups is 1. The van der Waals surface area contributed by atoms with Gasteiger partial charge in [-0.25, -0.2) is 0 Å². The van der Waals surface area contributed by atoms with Crippen LogP contribution in [0.1, 0.15) is 27.2 Å². The van der Waals surface area contributed by atoms with Crippen molar-refractivity contribution in [1.82, 2.24) is 15.5 Å². The molecule has 20 heavy (non-hydrogen) atoms. The van der Waals surface area contributed by atoms with Gasteiger partial charge < -0.3 is 20.3 Å². The van der Waals surface area contributed by atoms with E-state index in [1.807, 2.05) is 0 Å². The lowest BCUT2D eigenvalue weighted by atomic mass is 10.1. The molecule has 0 aromatic rings. The summed E-state index contributed by atoms with van der Waals surface area (Å²) in [5, 5.41) is 6.65. The number of likely N-dealkylation sites (N-methyl/N-ethyl adjacent to an activating group) is 1. The second-order valence-electron chi connectivity index (χ2n) is 5.58. The number of ether oxygens (including phenoxy) is 1. The fraction of sp³-hybridized carbons (Fsp3) is 0.929. The standard InChI is InChI=1S/C14H30N4O.HI/c1-5-15-14(16-7-6-12(2)3)17-10-13-11-18(4)8-9-19-13;/h12-13H,5-11H2,1-4H3,(H2,15,16,17);1H. The summed E-state index contributed by atoms with van der Waals surface area (Å²) in [6.07, 6.45) is 1.38. The van der Waals surface area contributed by atoms with Gasteiger partial charge in [0.15, 0.2) is 5.96 Å². The first-order valence-electron chi connectivity index (χ1n) is 7.44. The van der Waals surface area contributed by atoms with Crippen molar-refractivity contribution in [2.75, 3.05) is 46.4 Å². The van der Waals surface area contributed by atoms with Gasteiger partial charge >= 0.3 is 0 Å². The first-order valence-corrected chi connectivity index (χ1v) is 7.44. The SMILES string of the molecule is CCNC(=NCC1CN(C)CCO1)NCCC(C)C.I. The van der Waals surface area contributed by atoms with Gasteiger partial charge in [-0.15, -0.1) is 24.0 Å². The molecule has 0 amide bonds. The van der Waals surface area contributed by atoms with Gasteiger partial charge in [-0.1, -0.05) is 13.8 Å². The molecule has 1 aliphatic rings. The quantitative estimate of drug-likeness (QED) is 0.405. The van der Waals surface area contributed by atoms with Gasteiger partial charge in [0.25, 0.3) is 0 Å². The van der Waals surface area contributed by atoms with Gasteiger partial charge in [0.2, 0.25) is 0 Å². The zero-order valence-electron chi connectivity index (χ0n) is 13.3. The molecule has 5 nitrogen and oxygen atoms in total. The first kappa shape index (κ1) is 19.9. The van der Waals surface area contributed by atoms with Gasteiger partial charge in [-0.2, -0.15) is 0 Å². The maximum absolute atomic E-state index is 5.72. The van der Waals surface area contributed by atoms with Crippen LogP contribution in [-0.2, 0) is 4.74 Å². The average molecular weight is 398 g/mol. The summed E-state index contributed by atoms with van der Waals surface area (Å²) in [5.41, 5.74) is 0. The van der Waals surface area contributed by atoms with Crippen LogP contribution in [0.25, 0.3) is 0 Å². The predicted molar refractivity (Wildman–Crippen MR) is 96.1 cm³/mol. The van der Waals surface area contributed by atoms with E-state index < -0.39 is 0 Å².